The summed E-state index contributed by atoms with van der Waals surface area (Å²) in [6.45, 7) is 8.93. The number of aliphatic hydroxyl groups excluding tert-OH is 3. The minimum atomic E-state index is -0.639. The van der Waals surface area contributed by atoms with Gasteiger partial charge in [-0.2, -0.15) is 0 Å². The molecule has 0 aromatic heterocycles. The third kappa shape index (κ3) is 3.69. The number of ketones is 1. The van der Waals surface area contributed by atoms with Crippen molar-refractivity contribution in [2.75, 3.05) is 0 Å². The maximum Gasteiger partial charge on any atom is 0.136 e. The van der Waals surface area contributed by atoms with E-state index in [9.17, 15) is 20.1 Å². The summed E-state index contributed by atoms with van der Waals surface area (Å²) in [6, 6.07) is 0. The second-order valence-electron chi connectivity index (χ2n) is 12.4. The van der Waals surface area contributed by atoms with Gasteiger partial charge in [0.05, 0.1) is 18.3 Å². The van der Waals surface area contributed by atoms with E-state index in [0.29, 0.717) is 61.1 Å². The lowest BCUT2D eigenvalue weighted by atomic mass is 9.44. The first-order chi connectivity index (χ1) is 14.1. The summed E-state index contributed by atoms with van der Waals surface area (Å²) in [7, 11) is 0. The van der Waals surface area contributed by atoms with Crippen molar-refractivity contribution in [3.05, 3.63) is 0 Å². The first kappa shape index (κ1) is 22.7. The zero-order valence-electron chi connectivity index (χ0n) is 19.5. The molecular formula is C26H44O4. The summed E-state index contributed by atoms with van der Waals surface area (Å²) < 4.78 is 0. The number of carbonyl (C=O) groups is 1. The third-order valence-electron chi connectivity index (χ3n) is 10.3. The van der Waals surface area contributed by atoms with Crippen LogP contribution in [0.5, 0.6) is 0 Å². The third-order valence-corrected chi connectivity index (χ3v) is 10.3. The highest BCUT2D eigenvalue weighted by Crippen LogP contribution is 2.67. The zero-order valence-corrected chi connectivity index (χ0v) is 19.5. The average molecular weight is 421 g/mol. The van der Waals surface area contributed by atoms with Crippen LogP contribution in [0.4, 0.5) is 0 Å². The molecule has 6 unspecified atom stereocenters. The molecular weight excluding hydrogens is 376 g/mol. The van der Waals surface area contributed by atoms with Gasteiger partial charge in [0.15, 0.2) is 0 Å². The van der Waals surface area contributed by atoms with Gasteiger partial charge in [0.25, 0.3) is 0 Å². The van der Waals surface area contributed by atoms with Gasteiger partial charge in [0.1, 0.15) is 5.78 Å². The molecule has 0 amide bonds. The quantitative estimate of drug-likeness (QED) is 0.618. The summed E-state index contributed by atoms with van der Waals surface area (Å²) >= 11 is 0. The van der Waals surface area contributed by atoms with Crippen molar-refractivity contribution in [3.8, 4) is 0 Å². The predicted octanol–water partition coefficient (Wildman–Crippen LogP) is 4.34. The summed E-state index contributed by atoms with van der Waals surface area (Å²) in [4.78, 5) is 13.2. The molecule has 0 bridgehead atoms. The number of carbonyl (C=O) groups excluding carboxylic acids is 1. The molecule has 0 aliphatic heterocycles. The first-order valence-corrected chi connectivity index (χ1v) is 12.6. The normalized spacial score (nSPS) is 48.1. The Bertz CT molecular complexity index is 647. The van der Waals surface area contributed by atoms with Crippen molar-refractivity contribution in [1.82, 2.24) is 0 Å². The molecule has 4 aliphatic carbocycles. The smallest absolute Gasteiger partial charge is 0.136 e. The Kier molecular flexibility index (Phi) is 6.18. The fourth-order valence-electron chi connectivity index (χ4n) is 8.60. The molecule has 4 saturated carbocycles. The molecule has 0 aromatic carbocycles. The Morgan fingerprint density at radius 3 is 2.33 bits per heavy atom. The van der Waals surface area contributed by atoms with Gasteiger partial charge in [-0.05, 0) is 98.2 Å². The van der Waals surface area contributed by atoms with Crippen molar-refractivity contribution in [2.24, 2.45) is 46.3 Å². The van der Waals surface area contributed by atoms with Gasteiger partial charge in [0, 0.05) is 12.3 Å². The average Bonchev–Trinajstić information content (AvgIpc) is 2.99. The van der Waals surface area contributed by atoms with Crippen LogP contribution in [0.15, 0.2) is 0 Å². The molecule has 4 rings (SSSR count). The van der Waals surface area contributed by atoms with Crippen LogP contribution in [0.1, 0.15) is 91.9 Å². The van der Waals surface area contributed by atoms with Crippen molar-refractivity contribution in [2.45, 2.75) is 110 Å². The number of Topliss-reactive ketones (excluding diaryl/α,β-unsaturated/α-hetero) is 1. The predicted molar refractivity (Wildman–Crippen MR) is 118 cm³/mol. The van der Waals surface area contributed by atoms with E-state index in [1.54, 1.807) is 0 Å². The Labute approximate surface area is 182 Å². The summed E-state index contributed by atoms with van der Waals surface area (Å²) in [5, 5.41) is 31.3. The van der Waals surface area contributed by atoms with Crippen molar-refractivity contribution < 1.29 is 20.1 Å². The molecule has 172 valence electrons. The van der Waals surface area contributed by atoms with E-state index < -0.39 is 12.2 Å². The van der Waals surface area contributed by atoms with Crippen LogP contribution >= 0.6 is 0 Å². The number of rotatable bonds is 5. The number of fused-ring (bicyclic) bond motifs is 5. The minimum absolute atomic E-state index is 0.0528. The first-order valence-electron chi connectivity index (χ1n) is 12.6. The summed E-state index contributed by atoms with van der Waals surface area (Å²) in [6.07, 6.45) is 7.59. The maximum absolute atomic E-state index is 13.2. The van der Waals surface area contributed by atoms with Gasteiger partial charge in [-0.3, -0.25) is 4.79 Å². The Morgan fingerprint density at radius 1 is 0.967 bits per heavy atom. The highest BCUT2D eigenvalue weighted by molar-refractivity contribution is 5.83. The number of aliphatic hydroxyl groups is 3. The van der Waals surface area contributed by atoms with Crippen LogP contribution < -0.4 is 0 Å². The second-order valence-corrected chi connectivity index (χ2v) is 12.4. The van der Waals surface area contributed by atoms with Crippen LogP contribution in [0.3, 0.4) is 0 Å². The van der Waals surface area contributed by atoms with E-state index >= 15 is 0 Å². The molecule has 0 spiro atoms. The standard InChI is InChI=1S/C26H44O4/c1-15(2)11-23(29)24(30)12-16-5-6-19-18-14-22(28)21-13-17(27)7-9-26(21,4)20(18)8-10-25(16,19)3/h15-21,23-24,27,29-30H,5-14H2,1-4H3/t16-,17?,18?,19?,20?,21?,23-,24?,25-,26-/m1/s1. The van der Waals surface area contributed by atoms with Gasteiger partial charge in [-0.15, -0.1) is 0 Å². The van der Waals surface area contributed by atoms with E-state index in [-0.39, 0.29) is 22.9 Å². The fraction of sp³-hybridized carbons (Fsp3) is 0.962. The van der Waals surface area contributed by atoms with E-state index in [1.807, 2.05) is 0 Å². The Hall–Kier alpha value is -0.450. The molecule has 0 heterocycles. The highest BCUT2D eigenvalue weighted by atomic mass is 16.3. The molecule has 0 saturated heterocycles. The SMILES string of the molecule is CC(C)C[C@@H](O)C(O)C[C@H]1CCC2C3CC(=O)C4CC(O)CC[C@]4(C)C3CC[C@@]21C. The molecule has 10 atom stereocenters. The van der Waals surface area contributed by atoms with Gasteiger partial charge < -0.3 is 15.3 Å². The molecule has 4 nitrogen and oxygen atoms in total. The van der Waals surface area contributed by atoms with E-state index in [2.05, 4.69) is 27.7 Å². The van der Waals surface area contributed by atoms with Crippen molar-refractivity contribution in [3.63, 3.8) is 0 Å². The Morgan fingerprint density at radius 2 is 1.63 bits per heavy atom. The molecule has 4 fully saturated rings. The van der Waals surface area contributed by atoms with Crippen molar-refractivity contribution in [1.29, 1.82) is 0 Å². The van der Waals surface area contributed by atoms with Crippen LogP contribution in [0.2, 0.25) is 0 Å². The molecule has 30 heavy (non-hydrogen) atoms. The molecule has 0 radical (unpaired) electrons. The van der Waals surface area contributed by atoms with E-state index in [0.717, 1.165) is 25.7 Å². The second kappa shape index (κ2) is 8.15. The zero-order chi connectivity index (χ0) is 21.8. The highest BCUT2D eigenvalue weighted by Gasteiger charge is 2.62. The van der Waals surface area contributed by atoms with Gasteiger partial charge in [-0.1, -0.05) is 27.7 Å². The number of hydrogen-bond donors (Lipinski definition) is 3. The topological polar surface area (TPSA) is 77.8 Å². The monoisotopic (exact) mass is 420 g/mol. The lowest BCUT2D eigenvalue weighted by Gasteiger charge is -2.60. The molecule has 3 N–H and O–H groups in total. The Balaban J connectivity index is 1.50. The molecule has 4 aliphatic rings. The van der Waals surface area contributed by atoms with Crippen LogP contribution in [-0.2, 0) is 4.79 Å². The van der Waals surface area contributed by atoms with Crippen LogP contribution in [0, 0.1) is 46.3 Å². The van der Waals surface area contributed by atoms with Crippen molar-refractivity contribution >= 4 is 5.78 Å². The minimum Gasteiger partial charge on any atom is -0.393 e. The van der Waals surface area contributed by atoms with E-state index in [4.69, 9.17) is 0 Å². The van der Waals surface area contributed by atoms with E-state index in [1.165, 1.54) is 12.8 Å². The van der Waals surface area contributed by atoms with Gasteiger partial charge >= 0.3 is 0 Å². The molecule has 0 aromatic rings. The number of hydrogen-bond acceptors (Lipinski definition) is 4. The van der Waals surface area contributed by atoms with Gasteiger partial charge in [-0.25, -0.2) is 0 Å². The maximum atomic E-state index is 13.2. The van der Waals surface area contributed by atoms with Crippen LogP contribution in [0.25, 0.3) is 0 Å². The fourth-order valence-corrected chi connectivity index (χ4v) is 8.60. The lowest BCUT2D eigenvalue weighted by Crippen LogP contribution is -2.57. The molecule has 4 heteroatoms. The summed E-state index contributed by atoms with van der Waals surface area (Å²) in [5.74, 6) is 2.90. The van der Waals surface area contributed by atoms with Gasteiger partial charge in [0.2, 0.25) is 0 Å². The lowest BCUT2D eigenvalue weighted by molar-refractivity contribution is -0.160. The summed E-state index contributed by atoms with van der Waals surface area (Å²) in [5.41, 5.74) is 0.239. The van der Waals surface area contributed by atoms with Crippen LogP contribution in [-0.4, -0.2) is 39.4 Å². The largest absolute Gasteiger partial charge is 0.393 e.